The lowest BCUT2D eigenvalue weighted by Crippen LogP contribution is -2.34. The van der Waals surface area contributed by atoms with Gasteiger partial charge in [0, 0.05) is 5.56 Å². The van der Waals surface area contributed by atoms with Crippen molar-refractivity contribution in [3.63, 3.8) is 0 Å². The van der Waals surface area contributed by atoms with Crippen LogP contribution in [-0.4, -0.2) is 30.9 Å². The maximum absolute atomic E-state index is 13.8. The van der Waals surface area contributed by atoms with Crippen LogP contribution in [0.5, 0.6) is 5.75 Å². The Morgan fingerprint density at radius 1 is 0.805 bits per heavy atom. The van der Waals surface area contributed by atoms with Crippen molar-refractivity contribution < 1.29 is 19.0 Å². The molecule has 0 spiro atoms. The quantitative estimate of drug-likeness (QED) is 0.120. The van der Waals surface area contributed by atoms with Crippen LogP contribution in [0.25, 0.3) is 0 Å². The van der Waals surface area contributed by atoms with E-state index in [1.165, 1.54) is 49.7 Å². The van der Waals surface area contributed by atoms with E-state index in [4.69, 9.17) is 14.2 Å². The summed E-state index contributed by atoms with van der Waals surface area (Å²) in [5, 5.41) is 0. The number of rotatable bonds is 15. The number of allylic oxidation sites excluding steroid dienone is 4. The van der Waals surface area contributed by atoms with Gasteiger partial charge in [-0.15, -0.1) is 0 Å². The van der Waals surface area contributed by atoms with Crippen LogP contribution in [0.1, 0.15) is 143 Å². The minimum absolute atomic E-state index is 0.0939. The minimum Gasteiger partial charge on any atom is -0.494 e. The number of carbonyl (C=O) groups excluding carboxylic acids is 1. The predicted octanol–water partition coefficient (Wildman–Crippen LogP) is 10.4. The Morgan fingerprint density at radius 2 is 1.27 bits per heavy atom. The molecular weight excluding hydrogens is 508 g/mol. The van der Waals surface area contributed by atoms with E-state index in [9.17, 15) is 4.79 Å². The number of ether oxygens (including phenoxy) is 3. The molecule has 0 heterocycles. The lowest BCUT2D eigenvalue weighted by Gasteiger charge is -2.36. The zero-order valence-electron chi connectivity index (χ0n) is 27.7. The lowest BCUT2D eigenvalue weighted by atomic mass is 9.71. The van der Waals surface area contributed by atoms with Crippen LogP contribution < -0.4 is 4.74 Å². The van der Waals surface area contributed by atoms with Crippen LogP contribution in [0.2, 0.25) is 0 Å². The summed E-state index contributed by atoms with van der Waals surface area (Å²) in [6.07, 6.45) is 11.0. The van der Waals surface area contributed by atoms with E-state index in [0.29, 0.717) is 12.2 Å². The molecule has 0 aliphatic heterocycles. The Labute approximate surface area is 251 Å². The van der Waals surface area contributed by atoms with Crippen molar-refractivity contribution in [2.24, 2.45) is 10.8 Å². The molecule has 2 aliphatic rings. The minimum atomic E-state index is -0.925. The average molecular weight is 567 g/mol. The largest absolute Gasteiger partial charge is 0.494 e. The molecule has 0 N–H and O–H groups in total. The molecule has 0 fully saturated rings. The number of benzene rings is 1. The van der Waals surface area contributed by atoms with Gasteiger partial charge < -0.3 is 14.2 Å². The second kappa shape index (κ2) is 15.0. The molecule has 0 bridgehead atoms. The molecule has 0 saturated heterocycles. The fraction of sp³-hybridized carbons (Fsp3) is 0.703. The summed E-state index contributed by atoms with van der Waals surface area (Å²) in [5.41, 5.74) is 7.28. The molecule has 41 heavy (non-hydrogen) atoms. The van der Waals surface area contributed by atoms with Crippen molar-refractivity contribution in [3.8, 4) is 5.75 Å². The predicted molar refractivity (Wildman–Crippen MR) is 171 cm³/mol. The zero-order valence-corrected chi connectivity index (χ0v) is 27.7. The number of Topliss-reactive ketones (excluding diaryl/α,β-unsaturated/α-hetero) is 1. The average Bonchev–Trinajstić information content (AvgIpc) is 2.90. The number of hydrogen-bond acceptors (Lipinski definition) is 4. The normalized spacial score (nSPS) is 21.0. The summed E-state index contributed by atoms with van der Waals surface area (Å²) >= 11 is 0. The Morgan fingerprint density at radius 3 is 1.68 bits per heavy atom. The van der Waals surface area contributed by atoms with Crippen LogP contribution in [0.3, 0.4) is 0 Å². The van der Waals surface area contributed by atoms with Crippen LogP contribution in [0.15, 0.2) is 46.6 Å². The van der Waals surface area contributed by atoms with Crippen molar-refractivity contribution in [1.82, 2.24) is 0 Å². The monoisotopic (exact) mass is 566 g/mol. The molecule has 0 saturated carbocycles. The van der Waals surface area contributed by atoms with Crippen molar-refractivity contribution in [3.05, 3.63) is 52.1 Å². The number of hydrogen-bond donors (Lipinski definition) is 0. The Bertz CT molecular complexity index is 1000. The van der Waals surface area contributed by atoms with Gasteiger partial charge in [0.15, 0.2) is 0 Å². The second-order valence-corrected chi connectivity index (χ2v) is 14.0. The third kappa shape index (κ3) is 9.55. The third-order valence-electron chi connectivity index (χ3n) is 9.51. The van der Waals surface area contributed by atoms with Gasteiger partial charge in [-0.25, -0.2) is 0 Å². The first-order valence-electron chi connectivity index (χ1n) is 16.3. The highest BCUT2D eigenvalue weighted by Crippen LogP contribution is 2.43. The van der Waals surface area contributed by atoms with E-state index in [-0.39, 0.29) is 28.8 Å². The van der Waals surface area contributed by atoms with Gasteiger partial charge in [0.1, 0.15) is 5.75 Å². The molecular formula is C37H58O4. The summed E-state index contributed by atoms with van der Waals surface area (Å²) in [5.74, 6) is 0.661. The van der Waals surface area contributed by atoms with Gasteiger partial charge in [-0.3, -0.25) is 4.79 Å². The van der Waals surface area contributed by atoms with Crippen molar-refractivity contribution in [2.75, 3.05) is 6.61 Å². The first kappa shape index (κ1) is 33.6. The third-order valence-corrected chi connectivity index (χ3v) is 9.51. The van der Waals surface area contributed by atoms with Crippen LogP contribution in [-0.2, 0) is 9.47 Å². The fourth-order valence-corrected chi connectivity index (χ4v) is 6.93. The molecule has 0 amide bonds. The van der Waals surface area contributed by atoms with E-state index in [2.05, 4.69) is 62.3 Å². The summed E-state index contributed by atoms with van der Waals surface area (Å²) < 4.78 is 18.6. The standard InChI is InChI=1S/C37H58O4/c1-10-25-39-31-19-17-30(18-20-31)34(38)35(40-28(4)15-21-32-26(2)13-11-23-36(32,6)7)41-29(5)16-22-33-27(3)14-12-24-37(33,8)9/h17-20,28-29,35H,10-16,21-25H2,1-9H3. The van der Waals surface area contributed by atoms with Gasteiger partial charge in [-0.2, -0.15) is 0 Å². The molecule has 4 nitrogen and oxygen atoms in total. The Kier molecular flexibility index (Phi) is 12.3. The number of ketones is 1. The van der Waals surface area contributed by atoms with Gasteiger partial charge >= 0.3 is 0 Å². The smallest absolute Gasteiger partial charge is 0.223 e. The van der Waals surface area contributed by atoms with E-state index < -0.39 is 6.29 Å². The topological polar surface area (TPSA) is 44.8 Å². The zero-order chi connectivity index (χ0) is 30.2. The second-order valence-electron chi connectivity index (χ2n) is 14.0. The van der Waals surface area contributed by atoms with Gasteiger partial charge in [-0.1, -0.05) is 56.9 Å². The van der Waals surface area contributed by atoms with Crippen molar-refractivity contribution in [1.29, 1.82) is 0 Å². The van der Waals surface area contributed by atoms with Gasteiger partial charge in [0.05, 0.1) is 18.8 Å². The highest BCUT2D eigenvalue weighted by atomic mass is 16.7. The van der Waals surface area contributed by atoms with Crippen molar-refractivity contribution >= 4 is 5.78 Å². The maximum atomic E-state index is 13.8. The first-order chi connectivity index (χ1) is 19.3. The van der Waals surface area contributed by atoms with E-state index in [1.807, 2.05) is 24.3 Å². The molecule has 1 aromatic rings. The van der Waals surface area contributed by atoms with E-state index >= 15 is 0 Å². The molecule has 2 unspecified atom stereocenters. The molecule has 2 atom stereocenters. The molecule has 3 rings (SSSR count). The maximum Gasteiger partial charge on any atom is 0.223 e. The summed E-state index contributed by atoms with van der Waals surface area (Å²) in [4.78, 5) is 13.8. The van der Waals surface area contributed by atoms with E-state index in [0.717, 1.165) is 37.9 Å². The Hall–Kier alpha value is -1.91. The lowest BCUT2D eigenvalue weighted by molar-refractivity contribution is -0.162. The molecule has 0 radical (unpaired) electrons. The summed E-state index contributed by atoms with van der Waals surface area (Å²) in [6.45, 7) is 21.0. The number of carbonyl (C=O) groups is 1. The van der Waals surface area contributed by atoms with Gasteiger partial charge in [-0.05, 0) is 133 Å². The first-order valence-corrected chi connectivity index (χ1v) is 16.3. The van der Waals surface area contributed by atoms with Crippen LogP contribution >= 0.6 is 0 Å². The van der Waals surface area contributed by atoms with Crippen molar-refractivity contribution in [2.45, 2.75) is 151 Å². The summed E-state index contributed by atoms with van der Waals surface area (Å²) in [7, 11) is 0. The molecule has 0 aromatic heterocycles. The highest BCUT2D eigenvalue weighted by Gasteiger charge is 2.31. The van der Waals surface area contributed by atoms with E-state index in [1.54, 1.807) is 11.1 Å². The molecule has 1 aromatic carbocycles. The van der Waals surface area contributed by atoms with Crippen LogP contribution in [0.4, 0.5) is 0 Å². The molecule has 2 aliphatic carbocycles. The fourth-order valence-electron chi connectivity index (χ4n) is 6.93. The summed E-state index contributed by atoms with van der Waals surface area (Å²) in [6, 6.07) is 7.40. The molecule has 4 heteroatoms. The SMILES string of the molecule is CCCOc1ccc(C(=O)C(OC(C)CCC2=C(C)CCCC2(C)C)OC(C)CCC2=C(C)CCCC2(C)C)cc1. The van der Waals surface area contributed by atoms with Crippen LogP contribution in [0, 0.1) is 10.8 Å². The highest BCUT2D eigenvalue weighted by molar-refractivity contribution is 5.98. The van der Waals surface area contributed by atoms with Gasteiger partial charge in [0.2, 0.25) is 12.1 Å². The molecule has 230 valence electrons. The van der Waals surface area contributed by atoms with Gasteiger partial charge in [0.25, 0.3) is 0 Å². The Balaban J connectivity index is 1.71.